The Morgan fingerprint density at radius 2 is 2.30 bits per heavy atom. The molecule has 1 saturated heterocycles. The average molecular weight is 294 g/mol. The largest absolute Gasteiger partial charge is 0.478 e. The maximum atomic E-state index is 11.8. The second kappa shape index (κ2) is 6.33. The number of carbonyl (C=O) groups is 3. The predicted molar refractivity (Wildman–Crippen MR) is 74.0 cm³/mol. The monoisotopic (exact) mass is 294 g/mol. The van der Waals surface area contributed by atoms with Crippen LogP contribution in [-0.2, 0) is 20.9 Å². The van der Waals surface area contributed by atoms with E-state index in [0.29, 0.717) is 19.4 Å². The molecule has 2 amide bonds. The second-order valence-corrected chi connectivity index (χ2v) is 5.55. The number of carbonyl (C=O) groups excluding carboxylic acids is 2. The lowest BCUT2D eigenvalue weighted by atomic mass is 10.2. The summed E-state index contributed by atoms with van der Waals surface area (Å²) in [7, 11) is 0. The zero-order valence-electron chi connectivity index (χ0n) is 10.6. The van der Waals surface area contributed by atoms with Crippen LogP contribution in [0.4, 0.5) is 0 Å². The van der Waals surface area contributed by atoms with E-state index in [-0.39, 0.29) is 11.8 Å². The third-order valence-corrected chi connectivity index (χ3v) is 3.87. The number of carboxylic acid groups (broad SMARTS) is 1. The van der Waals surface area contributed by atoms with Gasteiger partial charge in [0.15, 0.2) is 0 Å². The van der Waals surface area contributed by atoms with E-state index >= 15 is 0 Å². The summed E-state index contributed by atoms with van der Waals surface area (Å²) in [4.78, 5) is 34.9. The van der Waals surface area contributed by atoms with Crippen LogP contribution in [0.3, 0.4) is 0 Å². The highest BCUT2D eigenvalue weighted by molar-refractivity contribution is 7.12. The van der Waals surface area contributed by atoms with E-state index in [1.165, 1.54) is 17.4 Å². The summed E-state index contributed by atoms with van der Waals surface area (Å²) in [5, 5.41) is 13.9. The van der Waals surface area contributed by atoms with Crippen molar-refractivity contribution in [3.8, 4) is 0 Å². The topological polar surface area (TPSA) is 95.5 Å². The molecule has 0 spiro atoms. The Hall–Kier alpha value is -2.15. The van der Waals surface area contributed by atoms with E-state index in [9.17, 15) is 14.4 Å². The molecule has 0 aliphatic carbocycles. The van der Waals surface area contributed by atoms with E-state index in [1.807, 2.05) is 6.07 Å². The lowest BCUT2D eigenvalue weighted by molar-refractivity contribution is -0.131. The minimum atomic E-state index is -0.995. The Bertz CT molecular complexity index is 564. The first-order valence-corrected chi connectivity index (χ1v) is 6.93. The first-order chi connectivity index (χ1) is 9.54. The number of amides is 2. The zero-order valence-corrected chi connectivity index (χ0v) is 11.4. The zero-order chi connectivity index (χ0) is 14.5. The molecule has 106 valence electrons. The third kappa shape index (κ3) is 3.92. The minimum Gasteiger partial charge on any atom is -0.478 e. The molecule has 7 heteroatoms. The summed E-state index contributed by atoms with van der Waals surface area (Å²) in [5.41, 5.74) is 0. The highest BCUT2D eigenvalue weighted by Gasteiger charge is 2.26. The number of nitrogens with one attached hydrogen (secondary N) is 2. The first kappa shape index (κ1) is 14.3. The fourth-order valence-electron chi connectivity index (χ4n) is 1.84. The maximum absolute atomic E-state index is 11.8. The van der Waals surface area contributed by atoms with Crippen molar-refractivity contribution in [1.29, 1.82) is 0 Å². The molecule has 1 atom stereocenters. The molecule has 0 radical (unpaired) electrons. The molecule has 1 fully saturated rings. The predicted octanol–water partition coefficient (Wildman–Crippen LogP) is 0.741. The van der Waals surface area contributed by atoms with Gasteiger partial charge in [0.25, 0.3) is 0 Å². The number of hydrogen-bond donors (Lipinski definition) is 3. The summed E-state index contributed by atoms with van der Waals surface area (Å²) in [6.07, 6.45) is 3.50. The summed E-state index contributed by atoms with van der Waals surface area (Å²) < 4.78 is 0. The van der Waals surface area contributed by atoms with Crippen LogP contribution in [0.25, 0.3) is 6.08 Å². The van der Waals surface area contributed by atoms with Crippen molar-refractivity contribution < 1.29 is 19.5 Å². The van der Waals surface area contributed by atoms with Crippen molar-refractivity contribution in [2.45, 2.75) is 25.4 Å². The van der Waals surface area contributed by atoms with Crippen LogP contribution >= 0.6 is 11.3 Å². The lowest BCUT2D eigenvalue weighted by Crippen LogP contribution is -2.41. The van der Waals surface area contributed by atoms with Crippen LogP contribution in [-0.4, -0.2) is 28.9 Å². The van der Waals surface area contributed by atoms with Gasteiger partial charge >= 0.3 is 5.97 Å². The van der Waals surface area contributed by atoms with Gasteiger partial charge in [-0.25, -0.2) is 4.79 Å². The van der Waals surface area contributed by atoms with Crippen LogP contribution in [0.15, 0.2) is 18.2 Å². The Kier molecular flexibility index (Phi) is 4.52. The highest BCUT2D eigenvalue weighted by atomic mass is 32.1. The quantitative estimate of drug-likeness (QED) is 0.698. The summed E-state index contributed by atoms with van der Waals surface area (Å²) in [6.45, 7) is 0.372. The number of aliphatic carboxylic acids is 1. The summed E-state index contributed by atoms with van der Waals surface area (Å²) >= 11 is 1.41. The maximum Gasteiger partial charge on any atom is 0.328 e. The van der Waals surface area contributed by atoms with E-state index in [4.69, 9.17) is 5.11 Å². The lowest BCUT2D eigenvalue weighted by Gasteiger charge is -2.09. The SMILES string of the molecule is O=C(O)C=Cc1ccc(CNC(=O)C2CCC(=O)N2)s1. The molecule has 3 N–H and O–H groups in total. The number of hydrogen-bond acceptors (Lipinski definition) is 4. The molecule has 1 aliphatic heterocycles. The van der Waals surface area contributed by atoms with Crippen molar-refractivity contribution in [2.24, 2.45) is 0 Å². The van der Waals surface area contributed by atoms with E-state index in [1.54, 1.807) is 6.07 Å². The fraction of sp³-hybridized carbons (Fsp3) is 0.308. The molecule has 0 bridgehead atoms. The van der Waals surface area contributed by atoms with E-state index in [0.717, 1.165) is 15.8 Å². The van der Waals surface area contributed by atoms with Gasteiger partial charge in [-0.15, -0.1) is 11.3 Å². The Labute approximate surface area is 119 Å². The molecular formula is C13H14N2O4S. The molecule has 2 rings (SSSR count). The summed E-state index contributed by atoms with van der Waals surface area (Å²) in [5.74, 6) is -1.28. The molecule has 2 heterocycles. The Morgan fingerprint density at radius 1 is 1.50 bits per heavy atom. The third-order valence-electron chi connectivity index (χ3n) is 2.82. The molecule has 20 heavy (non-hydrogen) atoms. The van der Waals surface area contributed by atoms with Gasteiger partial charge < -0.3 is 15.7 Å². The van der Waals surface area contributed by atoms with E-state index < -0.39 is 12.0 Å². The van der Waals surface area contributed by atoms with Crippen molar-refractivity contribution >= 4 is 35.2 Å². The van der Waals surface area contributed by atoms with Crippen molar-refractivity contribution in [3.05, 3.63) is 28.0 Å². The van der Waals surface area contributed by atoms with Crippen LogP contribution < -0.4 is 10.6 Å². The molecular weight excluding hydrogens is 280 g/mol. The molecule has 6 nitrogen and oxygen atoms in total. The highest BCUT2D eigenvalue weighted by Crippen LogP contribution is 2.18. The average Bonchev–Trinajstić information content (AvgIpc) is 3.02. The van der Waals surface area contributed by atoms with Gasteiger partial charge in [-0.05, 0) is 24.6 Å². The molecule has 0 saturated carbocycles. The fourth-order valence-corrected chi connectivity index (χ4v) is 2.70. The van der Waals surface area contributed by atoms with E-state index in [2.05, 4.69) is 10.6 Å². The molecule has 1 aromatic heterocycles. The van der Waals surface area contributed by atoms with Gasteiger partial charge in [0.2, 0.25) is 11.8 Å². The number of carboxylic acids is 1. The van der Waals surface area contributed by atoms with Crippen molar-refractivity contribution in [3.63, 3.8) is 0 Å². The normalized spacial score (nSPS) is 18.2. The number of rotatable bonds is 5. The molecule has 1 unspecified atom stereocenters. The van der Waals surface area contributed by atoms with Gasteiger partial charge in [0.1, 0.15) is 6.04 Å². The van der Waals surface area contributed by atoms with Gasteiger partial charge in [-0.3, -0.25) is 9.59 Å². The van der Waals surface area contributed by atoms with Crippen LogP contribution in [0.5, 0.6) is 0 Å². The van der Waals surface area contributed by atoms with Gasteiger partial charge in [-0.2, -0.15) is 0 Å². The van der Waals surface area contributed by atoms with Crippen molar-refractivity contribution in [1.82, 2.24) is 10.6 Å². The molecule has 1 aliphatic rings. The number of thiophene rings is 1. The van der Waals surface area contributed by atoms with Crippen molar-refractivity contribution in [2.75, 3.05) is 0 Å². The standard InChI is InChI=1S/C13H14N2O4S/c16-11-5-4-10(15-11)13(19)14-7-9-2-1-8(20-9)3-6-12(17)18/h1-3,6,10H,4-5,7H2,(H,14,19)(H,15,16)(H,17,18). The minimum absolute atomic E-state index is 0.0950. The van der Waals surface area contributed by atoms with Crippen LogP contribution in [0.1, 0.15) is 22.6 Å². The first-order valence-electron chi connectivity index (χ1n) is 6.11. The summed E-state index contributed by atoms with van der Waals surface area (Å²) in [6, 6.07) is 3.19. The smallest absolute Gasteiger partial charge is 0.328 e. The van der Waals surface area contributed by atoms with Crippen LogP contribution in [0, 0.1) is 0 Å². The van der Waals surface area contributed by atoms with Crippen LogP contribution in [0.2, 0.25) is 0 Å². The molecule has 0 aromatic carbocycles. The van der Waals surface area contributed by atoms with Gasteiger partial charge in [0, 0.05) is 22.3 Å². The molecule has 1 aromatic rings. The second-order valence-electron chi connectivity index (χ2n) is 4.35. The van der Waals surface area contributed by atoms with Gasteiger partial charge in [-0.1, -0.05) is 0 Å². The Morgan fingerprint density at radius 3 is 2.95 bits per heavy atom. The Balaban J connectivity index is 1.83. The van der Waals surface area contributed by atoms with Gasteiger partial charge in [0.05, 0.1) is 6.54 Å².